The van der Waals surface area contributed by atoms with Crippen molar-refractivity contribution in [2.24, 2.45) is 0 Å². The maximum atomic E-state index is 8.52. The molecule has 7 N–H and O–H groups in total. The molecule has 0 atom stereocenters. The number of aromatic amines is 1. The summed E-state index contributed by atoms with van der Waals surface area (Å²) < 4.78 is 3.33. The van der Waals surface area contributed by atoms with E-state index in [4.69, 9.17) is 33.0 Å². The van der Waals surface area contributed by atoms with Crippen molar-refractivity contribution in [3.05, 3.63) is 35.3 Å². The van der Waals surface area contributed by atoms with E-state index in [1.54, 1.807) is 15.6 Å². The number of halogens is 1. The Labute approximate surface area is 208 Å². The maximum absolute atomic E-state index is 8.52. The number of nitrogen functional groups attached to an aromatic ring is 3. The predicted molar refractivity (Wildman–Crippen MR) is 135 cm³/mol. The van der Waals surface area contributed by atoms with E-state index in [9.17, 15) is 0 Å². The highest BCUT2D eigenvalue weighted by molar-refractivity contribution is 9.09. The lowest BCUT2D eigenvalue weighted by molar-refractivity contribution is 0.605. The number of rotatable bonds is 5. The zero-order chi connectivity index (χ0) is 25.9. The first-order chi connectivity index (χ1) is 16.3. The zero-order valence-corrected chi connectivity index (χ0v) is 21.2. The minimum atomic E-state index is 0.320. The highest BCUT2D eigenvalue weighted by atomic mass is 79.9. The molecule has 0 aliphatic carbocycles. The summed E-state index contributed by atoms with van der Waals surface area (Å²) in [5.41, 5.74) is 17.5. The molecule has 0 unspecified atom stereocenters. The zero-order valence-electron chi connectivity index (χ0n) is 19.7. The first kappa shape index (κ1) is 30.0. The lowest BCUT2D eigenvalue weighted by Crippen LogP contribution is -2.04. The van der Waals surface area contributed by atoms with Gasteiger partial charge in [-0.2, -0.15) is 31.1 Å². The molecule has 3 rings (SSSR count). The molecular weight excluding hydrogens is 500 g/mol. The first-order valence-corrected chi connectivity index (χ1v) is 11.6. The second-order valence-electron chi connectivity index (χ2n) is 6.58. The summed E-state index contributed by atoms with van der Waals surface area (Å²) in [7, 11) is 0. The average molecular weight is 531 g/mol. The first-order valence-electron chi connectivity index (χ1n) is 10.5. The normalized spacial score (nSPS) is 8.97. The van der Waals surface area contributed by atoms with Crippen molar-refractivity contribution in [2.45, 2.75) is 53.1 Å². The molecule has 0 saturated carbocycles. The van der Waals surface area contributed by atoms with Crippen LogP contribution in [0.1, 0.15) is 56.7 Å². The minimum Gasteiger partial charge on any atom is -0.383 e. The highest BCUT2D eigenvalue weighted by Gasteiger charge is 2.04. The number of hydrogen-bond donors (Lipinski definition) is 4. The number of alkyl halides is 1. The lowest BCUT2D eigenvalue weighted by atomic mass is 10.4. The molecule has 12 nitrogen and oxygen atoms in total. The van der Waals surface area contributed by atoms with Gasteiger partial charge in [0.1, 0.15) is 46.5 Å². The van der Waals surface area contributed by atoms with Gasteiger partial charge in [-0.1, -0.05) is 36.7 Å². The van der Waals surface area contributed by atoms with Gasteiger partial charge in [-0.25, -0.2) is 4.68 Å². The number of aryl methyl sites for hydroxylation is 2. The van der Waals surface area contributed by atoms with Crippen LogP contribution in [0.4, 0.5) is 17.5 Å². The minimum absolute atomic E-state index is 0.320. The summed E-state index contributed by atoms with van der Waals surface area (Å²) in [4.78, 5) is 0. The van der Waals surface area contributed by atoms with Crippen LogP contribution in [0.3, 0.4) is 0 Å². The number of nitrogens with one attached hydrogen (secondary N) is 1. The van der Waals surface area contributed by atoms with E-state index in [0.717, 1.165) is 31.3 Å². The molecule has 182 valence electrons. The van der Waals surface area contributed by atoms with Gasteiger partial charge in [-0.3, -0.25) is 9.78 Å². The van der Waals surface area contributed by atoms with Gasteiger partial charge in [-0.05, 0) is 19.3 Å². The summed E-state index contributed by atoms with van der Waals surface area (Å²) in [6.07, 6.45) is 7.74. The molecule has 0 amide bonds. The molecule has 13 heteroatoms. The number of nitriles is 3. The number of aromatic nitrogens is 6. The summed E-state index contributed by atoms with van der Waals surface area (Å²) in [5.74, 6) is 1.11. The van der Waals surface area contributed by atoms with Gasteiger partial charge < -0.3 is 17.2 Å². The largest absolute Gasteiger partial charge is 0.383 e. The third-order valence-corrected chi connectivity index (χ3v) is 4.57. The van der Waals surface area contributed by atoms with Crippen LogP contribution in [0.25, 0.3) is 0 Å². The number of nitrogens with two attached hydrogens (primary N) is 3. The Kier molecular flexibility index (Phi) is 15.5. The van der Waals surface area contributed by atoms with Crippen LogP contribution in [0, 0.1) is 34.0 Å². The van der Waals surface area contributed by atoms with Gasteiger partial charge in [0.25, 0.3) is 0 Å². The Morgan fingerprint density at radius 1 is 0.912 bits per heavy atom. The number of anilines is 3. The highest BCUT2D eigenvalue weighted by Crippen LogP contribution is 2.09. The van der Waals surface area contributed by atoms with Crippen molar-refractivity contribution in [3.63, 3.8) is 0 Å². The Morgan fingerprint density at radius 2 is 1.50 bits per heavy atom. The Bertz CT molecular complexity index is 1080. The molecule has 0 aromatic carbocycles. The number of hydrogen-bond acceptors (Lipinski definition) is 9. The smallest absolute Gasteiger partial charge is 0.163 e. The third-order valence-electron chi connectivity index (χ3n) is 3.78. The van der Waals surface area contributed by atoms with Crippen LogP contribution >= 0.6 is 15.9 Å². The van der Waals surface area contributed by atoms with E-state index in [1.807, 2.05) is 32.1 Å². The van der Waals surface area contributed by atoms with Gasteiger partial charge in [0.05, 0.1) is 12.4 Å². The molecule has 0 aliphatic rings. The van der Waals surface area contributed by atoms with Gasteiger partial charge >= 0.3 is 0 Å². The fourth-order valence-corrected chi connectivity index (χ4v) is 2.12. The third kappa shape index (κ3) is 10.5. The standard InChI is InChI=1S/2C7H10N4.C4H4N4.C3H7Br/c1-2-3-11-5-6(4-8)7(9)10-11;1-2-3-11-7(9)6(4-8)5-10-11;5-1-3-2-7-8-4(3)6;1-2-3-4/h5H,2-3H2,1H3,(H2,9,10);5H,2-3,9H2,1H3;2H,(H3,6,7,8);2-3H2,1H3. The van der Waals surface area contributed by atoms with E-state index in [-0.39, 0.29) is 0 Å². The molecule has 0 saturated heterocycles. The van der Waals surface area contributed by atoms with Crippen LogP contribution in [-0.2, 0) is 13.1 Å². The molecular formula is C21H31BrN12. The van der Waals surface area contributed by atoms with Crippen molar-refractivity contribution in [1.82, 2.24) is 29.8 Å². The van der Waals surface area contributed by atoms with Crippen molar-refractivity contribution in [1.29, 1.82) is 15.8 Å². The summed E-state index contributed by atoms with van der Waals surface area (Å²) >= 11 is 3.25. The Balaban J connectivity index is 0.000000450. The van der Waals surface area contributed by atoms with Crippen molar-refractivity contribution < 1.29 is 0 Å². The molecule has 0 fully saturated rings. The Morgan fingerprint density at radius 3 is 1.85 bits per heavy atom. The van der Waals surface area contributed by atoms with Crippen molar-refractivity contribution in [3.8, 4) is 18.2 Å². The second-order valence-corrected chi connectivity index (χ2v) is 7.37. The van der Waals surface area contributed by atoms with Gasteiger partial charge in [-0.15, -0.1) is 0 Å². The van der Waals surface area contributed by atoms with Crippen LogP contribution in [0.5, 0.6) is 0 Å². The van der Waals surface area contributed by atoms with Crippen LogP contribution in [-0.4, -0.2) is 35.1 Å². The molecule has 0 bridgehead atoms. The summed E-state index contributed by atoms with van der Waals surface area (Å²) in [6.45, 7) is 7.80. The molecule has 3 aromatic rings. The van der Waals surface area contributed by atoms with Gasteiger partial charge in [0.15, 0.2) is 5.82 Å². The topological polar surface area (TPSA) is 214 Å². The number of H-pyrrole nitrogens is 1. The maximum Gasteiger partial charge on any atom is 0.163 e. The molecule has 0 radical (unpaired) electrons. The SMILES string of the molecule is CCCBr.CCCn1cc(C#N)c(N)n1.CCCn1ncc(C#N)c1N.N#Cc1cn[nH]c1N. The molecule has 34 heavy (non-hydrogen) atoms. The fourth-order valence-electron chi connectivity index (χ4n) is 2.12. The molecule has 0 aliphatic heterocycles. The number of nitrogens with zero attached hydrogens (tertiary/aromatic N) is 8. The second kappa shape index (κ2) is 17.5. The Hall–Kier alpha value is -4.02. The molecule has 0 spiro atoms. The van der Waals surface area contributed by atoms with Crippen LogP contribution in [0.15, 0.2) is 18.6 Å². The van der Waals surface area contributed by atoms with E-state index < -0.39 is 0 Å². The quantitative estimate of drug-likeness (QED) is 0.355. The summed E-state index contributed by atoms with van der Waals surface area (Å²) in [6, 6.07) is 5.79. The monoisotopic (exact) mass is 530 g/mol. The van der Waals surface area contributed by atoms with Crippen molar-refractivity contribution in [2.75, 3.05) is 22.5 Å². The fraction of sp³-hybridized carbons (Fsp3) is 0.429. The van der Waals surface area contributed by atoms with Crippen molar-refractivity contribution >= 4 is 33.4 Å². The molecule has 3 aromatic heterocycles. The molecule has 3 heterocycles. The van der Waals surface area contributed by atoms with Crippen LogP contribution in [0.2, 0.25) is 0 Å². The van der Waals surface area contributed by atoms with E-state index in [1.165, 1.54) is 18.8 Å². The van der Waals surface area contributed by atoms with Crippen LogP contribution < -0.4 is 17.2 Å². The van der Waals surface area contributed by atoms with E-state index in [0.29, 0.717) is 34.1 Å². The van der Waals surface area contributed by atoms with Gasteiger partial charge in [0.2, 0.25) is 0 Å². The predicted octanol–water partition coefficient (Wildman–Crippen LogP) is 3.15. The van der Waals surface area contributed by atoms with Gasteiger partial charge in [0, 0.05) is 24.6 Å². The van der Waals surface area contributed by atoms with E-state index in [2.05, 4.69) is 43.2 Å². The average Bonchev–Trinajstić information content (AvgIpc) is 3.53. The van der Waals surface area contributed by atoms with E-state index >= 15 is 0 Å². The summed E-state index contributed by atoms with van der Waals surface area (Å²) in [5, 5.41) is 40.2. The lowest BCUT2D eigenvalue weighted by Gasteiger charge is -1.99.